The Morgan fingerprint density at radius 2 is 1.78 bits per heavy atom. The molecule has 0 spiro atoms. The van der Waals surface area contributed by atoms with Gasteiger partial charge in [-0.15, -0.1) is 10.2 Å². The van der Waals surface area contributed by atoms with Gasteiger partial charge >= 0.3 is 0 Å². The lowest BCUT2D eigenvalue weighted by Gasteiger charge is -2.14. The van der Waals surface area contributed by atoms with E-state index in [9.17, 15) is 4.79 Å². The van der Waals surface area contributed by atoms with Crippen molar-refractivity contribution in [2.24, 2.45) is 0 Å². The summed E-state index contributed by atoms with van der Waals surface area (Å²) in [7, 11) is 3.07. The van der Waals surface area contributed by atoms with Crippen LogP contribution in [0.15, 0.2) is 71.2 Å². The van der Waals surface area contributed by atoms with E-state index in [0.29, 0.717) is 49.0 Å². The number of nitrogens with one attached hydrogen (secondary N) is 2. The minimum Gasteiger partial charge on any atom is -0.495 e. The number of anilines is 1. The number of carbonyl (C=O) groups is 1. The molecule has 37 heavy (non-hydrogen) atoms. The summed E-state index contributed by atoms with van der Waals surface area (Å²) in [5, 5.41) is 17.2. The van der Waals surface area contributed by atoms with E-state index in [0.717, 1.165) is 10.8 Å². The molecule has 0 radical (unpaired) electrons. The van der Waals surface area contributed by atoms with Gasteiger partial charge in [0.05, 0.1) is 35.0 Å². The van der Waals surface area contributed by atoms with Crippen LogP contribution in [-0.2, 0) is 0 Å². The molecule has 1 heterocycles. The first-order valence-electron chi connectivity index (χ1n) is 11.0. The molecule has 1 amide bonds. The summed E-state index contributed by atoms with van der Waals surface area (Å²) in [5.74, 6) is 0.595. The maximum Gasteiger partial charge on any atom is 0.261 e. The summed E-state index contributed by atoms with van der Waals surface area (Å²) in [6.45, 7) is 0. The zero-order valence-electron chi connectivity index (χ0n) is 19.6. The number of ether oxygens (including phenoxy) is 2. The number of thiocarbonyl (C=S) groups is 1. The molecule has 11 heteroatoms. The topological polar surface area (TPSA) is 90.3 Å². The molecule has 2 N–H and O–H groups in total. The Hall–Kier alpha value is -3.73. The van der Waals surface area contributed by atoms with Crippen LogP contribution in [0.3, 0.4) is 0 Å². The Bertz CT molecular complexity index is 1690. The Labute approximate surface area is 230 Å². The fourth-order valence-corrected chi connectivity index (χ4v) is 5.07. The van der Waals surface area contributed by atoms with Crippen molar-refractivity contribution in [3.05, 3.63) is 81.8 Å². The van der Waals surface area contributed by atoms with E-state index in [1.165, 1.54) is 11.9 Å². The van der Waals surface area contributed by atoms with Crippen LogP contribution in [0.5, 0.6) is 11.5 Å². The predicted molar refractivity (Wildman–Crippen MR) is 152 cm³/mol. The molecule has 0 saturated heterocycles. The maximum absolute atomic E-state index is 13.1. The van der Waals surface area contributed by atoms with Crippen LogP contribution >= 0.6 is 39.7 Å². The molecule has 4 aromatic carbocycles. The van der Waals surface area contributed by atoms with Crippen LogP contribution in [0.2, 0.25) is 5.02 Å². The summed E-state index contributed by atoms with van der Waals surface area (Å²) < 4.78 is 11.4. The average molecular weight is 597 g/mol. The molecule has 0 atom stereocenters. The number of halogens is 2. The quantitative estimate of drug-likeness (QED) is 0.236. The molecule has 0 aliphatic carbocycles. The van der Waals surface area contributed by atoms with Crippen LogP contribution in [0.1, 0.15) is 10.4 Å². The van der Waals surface area contributed by atoms with E-state index in [1.807, 2.05) is 30.3 Å². The fourth-order valence-electron chi connectivity index (χ4n) is 3.87. The van der Waals surface area contributed by atoms with Crippen LogP contribution < -0.4 is 20.1 Å². The van der Waals surface area contributed by atoms with Crippen molar-refractivity contribution in [2.45, 2.75) is 0 Å². The van der Waals surface area contributed by atoms with Gasteiger partial charge in [0.15, 0.2) is 5.11 Å². The molecule has 0 bridgehead atoms. The number of fused-ring (bicyclic) bond motifs is 2. The first kappa shape index (κ1) is 24.9. The predicted octanol–water partition coefficient (Wildman–Crippen LogP) is 6.13. The smallest absolute Gasteiger partial charge is 0.261 e. The largest absolute Gasteiger partial charge is 0.495 e. The molecule has 0 aliphatic heterocycles. The summed E-state index contributed by atoms with van der Waals surface area (Å²) in [6.07, 6.45) is 0. The highest BCUT2D eigenvalue weighted by molar-refractivity contribution is 9.10. The third kappa shape index (κ3) is 4.95. The summed E-state index contributed by atoms with van der Waals surface area (Å²) in [4.78, 5) is 14.6. The van der Waals surface area contributed by atoms with Crippen molar-refractivity contribution in [3.8, 4) is 17.2 Å². The zero-order chi connectivity index (χ0) is 26.1. The van der Waals surface area contributed by atoms with Crippen molar-refractivity contribution in [2.75, 3.05) is 19.5 Å². The second-order valence-corrected chi connectivity index (χ2v) is 9.52. The van der Waals surface area contributed by atoms with Crippen molar-refractivity contribution < 1.29 is 14.3 Å². The molecule has 0 aliphatic rings. The molecular weight excluding hydrogens is 578 g/mol. The number of hydrogen-bond donors (Lipinski definition) is 2. The Balaban J connectivity index is 1.35. The van der Waals surface area contributed by atoms with E-state index in [2.05, 4.69) is 36.8 Å². The fraction of sp³-hybridized carbons (Fsp3) is 0.0769. The number of amides is 1. The van der Waals surface area contributed by atoms with Gasteiger partial charge in [0, 0.05) is 5.69 Å². The Kier molecular flexibility index (Phi) is 6.96. The van der Waals surface area contributed by atoms with Crippen molar-refractivity contribution in [1.29, 1.82) is 0 Å². The van der Waals surface area contributed by atoms with Gasteiger partial charge in [-0.1, -0.05) is 35.9 Å². The number of carbonyl (C=O) groups excluding carboxylic acids is 1. The number of benzene rings is 4. The zero-order valence-corrected chi connectivity index (χ0v) is 22.7. The number of hydrogen-bond acceptors (Lipinski definition) is 6. The first-order valence-corrected chi connectivity index (χ1v) is 12.5. The molecule has 0 unspecified atom stereocenters. The third-order valence-electron chi connectivity index (χ3n) is 5.62. The first-order chi connectivity index (χ1) is 17.9. The normalized spacial score (nSPS) is 10.9. The van der Waals surface area contributed by atoms with Gasteiger partial charge in [0.1, 0.15) is 22.5 Å². The van der Waals surface area contributed by atoms with Crippen molar-refractivity contribution in [3.63, 3.8) is 0 Å². The van der Waals surface area contributed by atoms with Crippen LogP contribution in [0.4, 0.5) is 5.69 Å². The van der Waals surface area contributed by atoms with Gasteiger partial charge in [-0.2, -0.15) is 4.80 Å². The standard InChI is InChI=1S/C26H19BrClN5O3S/c1-35-22-10-8-16(13-19(22)28)33-31-20-9-7-15(12-21(20)32-33)29-26(37)30-25(34)18-11-14-5-3-4-6-17(14)23(27)24(18)36-2/h3-13H,1-2H3,(H2,29,30,34,37). The third-order valence-corrected chi connectivity index (χ3v) is 6.91. The second kappa shape index (κ2) is 10.3. The SMILES string of the molecule is COc1ccc(-n2nc3ccc(NC(=S)NC(=O)c4cc5ccccc5c(Br)c4OC)cc3n2)cc1Cl. The highest BCUT2D eigenvalue weighted by Crippen LogP contribution is 2.36. The lowest BCUT2D eigenvalue weighted by molar-refractivity contribution is 0.0975. The molecule has 0 saturated carbocycles. The van der Waals surface area contributed by atoms with Gasteiger partial charge in [-0.25, -0.2) is 0 Å². The Morgan fingerprint density at radius 3 is 2.54 bits per heavy atom. The maximum atomic E-state index is 13.1. The lowest BCUT2D eigenvalue weighted by Crippen LogP contribution is -2.34. The Morgan fingerprint density at radius 1 is 1.00 bits per heavy atom. The molecule has 0 fully saturated rings. The van der Waals surface area contributed by atoms with Crippen molar-refractivity contribution >= 4 is 78.3 Å². The number of rotatable bonds is 5. The van der Waals surface area contributed by atoms with Crippen LogP contribution in [0, 0.1) is 0 Å². The van der Waals surface area contributed by atoms with E-state index in [1.54, 1.807) is 43.5 Å². The number of methoxy groups -OCH3 is 2. The minimum atomic E-state index is -0.399. The van der Waals surface area contributed by atoms with Gasteiger partial charge in [0.2, 0.25) is 0 Å². The lowest BCUT2D eigenvalue weighted by atomic mass is 10.1. The summed E-state index contributed by atoms with van der Waals surface area (Å²) >= 11 is 15.2. The molecule has 5 rings (SSSR count). The highest BCUT2D eigenvalue weighted by Gasteiger charge is 2.19. The molecule has 5 aromatic rings. The van der Waals surface area contributed by atoms with Gasteiger partial charge < -0.3 is 14.8 Å². The second-order valence-electron chi connectivity index (χ2n) is 7.91. The van der Waals surface area contributed by atoms with E-state index < -0.39 is 5.91 Å². The number of nitrogens with zero attached hydrogens (tertiary/aromatic N) is 3. The van der Waals surface area contributed by atoms with Crippen LogP contribution in [0.25, 0.3) is 27.5 Å². The molecule has 1 aromatic heterocycles. The van der Waals surface area contributed by atoms with Crippen LogP contribution in [-0.4, -0.2) is 40.2 Å². The minimum absolute atomic E-state index is 0.130. The monoisotopic (exact) mass is 595 g/mol. The van der Waals surface area contributed by atoms with Crippen molar-refractivity contribution in [1.82, 2.24) is 20.3 Å². The molecular formula is C26H19BrClN5O3S. The highest BCUT2D eigenvalue weighted by atomic mass is 79.9. The van der Waals surface area contributed by atoms with E-state index in [4.69, 9.17) is 33.3 Å². The van der Waals surface area contributed by atoms with E-state index >= 15 is 0 Å². The van der Waals surface area contributed by atoms with Gasteiger partial charge in [0.25, 0.3) is 5.91 Å². The molecule has 8 nitrogen and oxygen atoms in total. The average Bonchev–Trinajstić information content (AvgIpc) is 3.32. The van der Waals surface area contributed by atoms with Gasteiger partial charge in [-0.3, -0.25) is 10.1 Å². The van der Waals surface area contributed by atoms with E-state index in [-0.39, 0.29) is 5.11 Å². The van der Waals surface area contributed by atoms with Gasteiger partial charge in [-0.05, 0) is 81.4 Å². The number of aromatic nitrogens is 3. The summed E-state index contributed by atoms with van der Waals surface area (Å²) in [6, 6.07) is 20.2. The molecule has 186 valence electrons. The summed E-state index contributed by atoms with van der Waals surface area (Å²) in [5.41, 5.74) is 3.00.